The third-order valence-corrected chi connectivity index (χ3v) is 9.00. The fourth-order valence-corrected chi connectivity index (χ4v) is 7.56. The first-order chi connectivity index (χ1) is 18.9. The maximum atomic E-state index is 2.42. The minimum Gasteiger partial charge on any atom is -0.0623 e. The van der Waals surface area contributed by atoms with Gasteiger partial charge in [-0.15, -0.1) is 0 Å². The van der Waals surface area contributed by atoms with E-state index in [2.05, 4.69) is 84.9 Å². The summed E-state index contributed by atoms with van der Waals surface area (Å²) in [6, 6.07) is 44.6. The van der Waals surface area contributed by atoms with Crippen LogP contribution in [-0.4, -0.2) is 0 Å². The monoisotopic (exact) mass is 476 g/mol. The Balaban J connectivity index is 0.000000300. The molecule has 0 nitrogen and oxygen atoms in total. The summed E-state index contributed by atoms with van der Waals surface area (Å²) in [5, 5.41) is 25.4. The number of hydrogen-bond acceptors (Lipinski definition) is 0. The molecule has 0 aliphatic carbocycles. The molecule has 0 bridgehead atoms. The third kappa shape index (κ3) is 2.12. The van der Waals surface area contributed by atoms with Crippen LogP contribution in [0, 0.1) is 0 Å². The molecule has 0 saturated heterocycles. The molecule has 0 aromatic heterocycles. The van der Waals surface area contributed by atoms with Crippen LogP contribution in [0.4, 0.5) is 0 Å². The molecule has 0 radical (unpaired) electrons. The lowest BCUT2D eigenvalue weighted by Crippen LogP contribution is -1.96. The Morgan fingerprint density at radius 3 is 0.605 bits per heavy atom. The molecule has 11 aromatic carbocycles. The van der Waals surface area contributed by atoms with Gasteiger partial charge in [-0.2, -0.15) is 0 Å². The fourth-order valence-electron chi connectivity index (χ4n) is 7.56. The quantitative estimate of drug-likeness (QED) is 0.151. The van der Waals surface area contributed by atoms with Crippen molar-refractivity contribution in [2.75, 3.05) is 0 Å². The molecule has 0 fully saturated rings. The average molecular weight is 477 g/mol. The van der Waals surface area contributed by atoms with Gasteiger partial charge >= 0.3 is 0 Å². The highest BCUT2D eigenvalue weighted by atomic mass is 14.3. The van der Waals surface area contributed by atoms with Crippen molar-refractivity contribution < 1.29 is 0 Å². The highest BCUT2D eigenvalue weighted by Crippen LogP contribution is 2.54. The molecule has 0 unspecified atom stereocenters. The largest absolute Gasteiger partial charge is 0.0623 e. The summed E-state index contributed by atoms with van der Waals surface area (Å²) in [4.78, 5) is 0. The van der Waals surface area contributed by atoms with Gasteiger partial charge in [0.05, 0.1) is 0 Å². The van der Waals surface area contributed by atoms with Crippen molar-refractivity contribution in [1.82, 2.24) is 0 Å². The summed E-state index contributed by atoms with van der Waals surface area (Å²) in [5.74, 6) is 0. The normalized spacial score (nSPS) is 12.7. The molecule has 172 valence electrons. The molecule has 0 aliphatic rings. The molecular formula is C38H20. The van der Waals surface area contributed by atoms with E-state index in [0.717, 1.165) is 0 Å². The van der Waals surface area contributed by atoms with Crippen molar-refractivity contribution in [3.63, 3.8) is 0 Å². The molecule has 0 N–H and O–H groups in total. The Kier molecular flexibility index (Phi) is 3.28. The number of benzene rings is 11. The number of hydrogen-bond donors (Lipinski definition) is 0. The lowest BCUT2D eigenvalue weighted by Gasteiger charge is -2.25. The van der Waals surface area contributed by atoms with Gasteiger partial charge in [-0.3, -0.25) is 0 Å². The van der Waals surface area contributed by atoms with Gasteiger partial charge in [0.25, 0.3) is 0 Å². The van der Waals surface area contributed by atoms with Gasteiger partial charge in [-0.05, 0) is 109 Å². The van der Waals surface area contributed by atoms with E-state index < -0.39 is 0 Å². The van der Waals surface area contributed by atoms with Gasteiger partial charge in [-0.1, -0.05) is 109 Å². The van der Waals surface area contributed by atoms with E-state index in [-0.39, 0.29) is 0 Å². The van der Waals surface area contributed by atoms with E-state index in [4.69, 9.17) is 0 Å². The number of rotatable bonds is 0. The predicted octanol–water partition coefficient (Wildman–Crippen LogP) is 10.9. The standard InChI is InChI=1S/C32H14.C6H6/c1-2-16-6-10-20-14-22-12-8-18-4-3-17-7-11-21-13-19-9-5-15(1)23-24(16)28(20)32-30(22)26(18)25(17)29(21)31(32)27(19)23;1-2-4-6-5-3-1/h1-14H;1-6H. The van der Waals surface area contributed by atoms with Gasteiger partial charge in [0.2, 0.25) is 0 Å². The van der Waals surface area contributed by atoms with Crippen LogP contribution in [0.15, 0.2) is 121 Å². The van der Waals surface area contributed by atoms with Gasteiger partial charge in [0.1, 0.15) is 0 Å². The molecule has 11 aromatic rings. The molecule has 0 atom stereocenters. The maximum Gasteiger partial charge on any atom is -0.0000929 e. The lowest BCUT2D eigenvalue weighted by molar-refractivity contribution is 1.72. The summed E-state index contributed by atoms with van der Waals surface area (Å²) < 4.78 is 0. The Morgan fingerprint density at radius 1 is 0.184 bits per heavy atom. The summed E-state index contributed by atoms with van der Waals surface area (Å²) in [6.45, 7) is 0. The third-order valence-electron chi connectivity index (χ3n) is 9.00. The summed E-state index contributed by atoms with van der Waals surface area (Å²) >= 11 is 0. The second-order valence-corrected chi connectivity index (χ2v) is 10.8. The first-order valence-corrected chi connectivity index (χ1v) is 13.4. The smallest absolute Gasteiger partial charge is 0.0000929 e. The Labute approximate surface area is 218 Å². The second-order valence-electron chi connectivity index (χ2n) is 10.8. The molecule has 0 saturated carbocycles. The summed E-state index contributed by atoms with van der Waals surface area (Å²) in [5.41, 5.74) is 0. The fraction of sp³-hybridized carbons (Fsp3) is 0. The topological polar surface area (TPSA) is 0 Å². The van der Waals surface area contributed by atoms with E-state index in [1.807, 2.05) is 36.4 Å². The van der Waals surface area contributed by atoms with Crippen molar-refractivity contribution in [2.45, 2.75) is 0 Å². The Bertz CT molecular complexity index is 2230. The van der Waals surface area contributed by atoms with Crippen molar-refractivity contribution in [2.24, 2.45) is 0 Å². The van der Waals surface area contributed by atoms with E-state index in [0.29, 0.717) is 0 Å². The summed E-state index contributed by atoms with van der Waals surface area (Å²) in [7, 11) is 0. The molecule has 0 aliphatic heterocycles. The lowest BCUT2D eigenvalue weighted by atomic mass is 9.77. The van der Waals surface area contributed by atoms with E-state index in [1.165, 1.54) is 97.0 Å². The minimum absolute atomic E-state index is 1.35. The van der Waals surface area contributed by atoms with Crippen LogP contribution in [0.3, 0.4) is 0 Å². The molecule has 0 spiro atoms. The predicted molar refractivity (Wildman–Crippen MR) is 166 cm³/mol. The van der Waals surface area contributed by atoms with Crippen molar-refractivity contribution in [1.29, 1.82) is 0 Å². The highest BCUT2D eigenvalue weighted by molar-refractivity contribution is 6.53. The minimum atomic E-state index is 1.35. The van der Waals surface area contributed by atoms with E-state index in [1.54, 1.807) is 0 Å². The van der Waals surface area contributed by atoms with E-state index >= 15 is 0 Å². The van der Waals surface area contributed by atoms with Crippen LogP contribution in [0.2, 0.25) is 0 Å². The second kappa shape index (κ2) is 6.49. The average Bonchev–Trinajstić information content (AvgIpc) is 2.99. The first-order valence-electron chi connectivity index (χ1n) is 13.4. The van der Waals surface area contributed by atoms with Gasteiger partial charge in [0, 0.05) is 0 Å². The molecule has 0 amide bonds. The molecule has 11 rings (SSSR count). The van der Waals surface area contributed by atoms with Crippen LogP contribution in [-0.2, 0) is 0 Å². The van der Waals surface area contributed by atoms with Gasteiger partial charge in [0.15, 0.2) is 0 Å². The molecule has 38 heavy (non-hydrogen) atoms. The van der Waals surface area contributed by atoms with E-state index in [9.17, 15) is 0 Å². The Hall–Kier alpha value is -4.94. The van der Waals surface area contributed by atoms with Crippen LogP contribution in [0.25, 0.3) is 97.0 Å². The maximum absolute atomic E-state index is 2.42. The molecular weight excluding hydrogens is 456 g/mol. The highest BCUT2D eigenvalue weighted by Gasteiger charge is 2.25. The van der Waals surface area contributed by atoms with Gasteiger partial charge < -0.3 is 0 Å². The van der Waals surface area contributed by atoms with Crippen LogP contribution >= 0.6 is 0 Å². The zero-order valence-electron chi connectivity index (χ0n) is 20.5. The zero-order chi connectivity index (χ0) is 24.5. The SMILES string of the molecule is c1cc2ccc3cc4ccc5ccc6ccc7cc8ccc1c1c2c3c2c4c5c6c7c2c81.c1ccccc1. The molecule has 0 heteroatoms. The summed E-state index contributed by atoms with van der Waals surface area (Å²) in [6.07, 6.45) is 0. The van der Waals surface area contributed by atoms with Crippen LogP contribution < -0.4 is 0 Å². The van der Waals surface area contributed by atoms with Crippen LogP contribution in [0.5, 0.6) is 0 Å². The van der Waals surface area contributed by atoms with Gasteiger partial charge in [-0.25, -0.2) is 0 Å². The van der Waals surface area contributed by atoms with Crippen molar-refractivity contribution in [3.8, 4) is 0 Å². The van der Waals surface area contributed by atoms with Crippen molar-refractivity contribution >= 4 is 97.0 Å². The van der Waals surface area contributed by atoms with Crippen molar-refractivity contribution in [3.05, 3.63) is 121 Å². The Morgan fingerprint density at radius 2 is 0.368 bits per heavy atom. The molecule has 0 heterocycles. The zero-order valence-corrected chi connectivity index (χ0v) is 20.5. The van der Waals surface area contributed by atoms with Crippen LogP contribution in [0.1, 0.15) is 0 Å². The first kappa shape index (κ1) is 19.2.